The molecule has 2 aliphatic rings. The van der Waals surface area contributed by atoms with Crippen molar-refractivity contribution in [2.75, 3.05) is 24.7 Å². The lowest BCUT2D eigenvalue weighted by Gasteiger charge is -2.20. The summed E-state index contributed by atoms with van der Waals surface area (Å²) in [6.07, 6.45) is 2.94. The number of hydrogen-bond acceptors (Lipinski definition) is 7. The molecule has 0 radical (unpaired) electrons. The Morgan fingerprint density at radius 1 is 1.23 bits per heavy atom. The van der Waals surface area contributed by atoms with Gasteiger partial charge in [0.25, 0.3) is 6.01 Å². The molecule has 1 aliphatic heterocycles. The van der Waals surface area contributed by atoms with Gasteiger partial charge in [-0.05, 0) is 29.7 Å². The molecule has 8 nitrogen and oxygen atoms in total. The average molecular weight is 563 g/mol. The van der Waals surface area contributed by atoms with Crippen molar-refractivity contribution in [2.24, 2.45) is 4.36 Å². The molecule has 0 spiro atoms. The molecule has 0 amide bonds. The van der Waals surface area contributed by atoms with Crippen LogP contribution in [0.25, 0.3) is 16.7 Å². The lowest BCUT2D eigenvalue weighted by molar-refractivity contribution is -0.118. The number of nitrogens with zero attached hydrogens (tertiary/aromatic N) is 3. The molecule has 1 unspecified atom stereocenters. The summed E-state index contributed by atoms with van der Waals surface area (Å²) in [5.74, 6) is -3.30. The second-order valence-electron chi connectivity index (χ2n) is 9.40. The number of hydrogen-bond donors (Lipinski definition) is 2. The summed E-state index contributed by atoms with van der Waals surface area (Å²) in [6.45, 7) is 2.48. The van der Waals surface area contributed by atoms with Crippen molar-refractivity contribution >= 4 is 32.2 Å². The van der Waals surface area contributed by atoms with Crippen LogP contribution in [0.2, 0.25) is 0 Å². The van der Waals surface area contributed by atoms with E-state index in [1.165, 1.54) is 6.07 Å². The third-order valence-corrected chi connectivity index (χ3v) is 9.33. The number of allylic oxidation sites excluding steroid dienone is 4. The van der Waals surface area contributed by atoms with Gasteiger partial charge in [0.05, 0.1) is 39.8 Å². The number of aliphatic hydroxyl groups excluding tert-OH is 1. The molecule has 1 saturated heterocycles. The summed E-state index contributed by atoms with van der Waals surface area (Å²) in [5, 5.41) is 9.07. The number of aromatic nitrogens is 3. The van der Waals surface area contributed by atoms with Crippen LogP contribution in [0.5, 0.6) is 6.01 Å². The molecule has 0 bridgehead atoms. The van der Waals surface area contributed by atoms with Crippen LogP contribution in [0.15, 0.2) is 52.9 Å². The molecule has 39 heavy (non-hydrogen) atoms. The number of nitrogens with one attached hydrogen (secondary N) is 1. The molecule has 5 rings (SSSR count). The van der Waals surface area contributed by atoms with E-state index >= 15 is 0 Å². The SMILES string of the molecule is CCS(=O)(CC)=Nc1ccc(C2=CCC(c3nc4nc(O[C@@H]5CO[C@H](CO)C5(F)F)[nH]c4cc3F)C=C2)cc1. The van der Waals surface area contributed by atoms with Crippen LogP contribution in [0, 0.1) is 5.82 Å². The molecule has 12 heteroatoms. The number of pyridine rings is 1. The van der Waals surface area contributed by atoms with Crippen LogP contribution >= 0.6 is 0 Å². The van der Waals surface area contributed by atoms with E-state index in [2.05, 4.69) is 19.3 Å². The zero-order valence-electron chi connectivity index (χ0n) is 21.4. The Kier molecular flexibility index (Phi) is 7.53. The molecule has 208 valence electrons. The highest BCUT2D eigenvalue weighted by Crippen LogP contribution is 2.36. The zero-order valence-corrected chi connectivity index (χ0v) is 22.3. The Morgan fingerprint density at radius 2 is 1.97 bits per heavy atom. The van der Waals surface area contributed by atoms with Crippen molar-refractivity contribution in [3.63, 3.8) is 0 Å². The maximum absolute atomic E-state index is 15.0. The Morgan fingerprint density at radius 3 is 2.59 bits per heavy atom. The minimum atomic E-state index is -3.41. The molecule has 2 N–H and O–H groups in total. The number of benzene rings is 1. The maximum atomic E-state index is 15.0. The van der Waals surface area contributed by atoms with Crippen molar-refractivity contribution in [2.45, 2.75) is 44.3 Å². The second kappa shape index (κ2) is 10.7. The summed E-state index contributed by atoms with van der Waals surface area (Å²) in [5.41, 5.74) is 3.12. The van der Waals surface area contributed by atoms with Gasteiger partial charge in [-0.3, -0.25) is 0 Å². The number of aliphatic hydroxyl groups is 1. The number of aromatic amines is 1. The van der Waals surface area contributed by atoms with Crippen LogP contribution < -0.4 is 4.74 Å². The van der Waals surface area contributed by atoms with E-state index in [9.17, 15) is 17.4 Å². The molecule has 3 atom stereocenters. The number of halogens is 3. The predicted molar refractivity (Wildman–Crippen MR) is 142 cm³/mol. The van der Waals surface area contributed by atoms with Crippen LogP contribution in [0.4, 0.5) is 18.9 Å². The van der Waals surface area contributed by atoms with Crippen molar-refractivity contribution < 1.29 is 32.0 Å². The highest BCUT2D eigenvalue weighted by atomic mass is 32.2. The quantitative estimate of drug-likeness (QED) is 0.394. The van der Waals surface area contributed by atoms with Crippen molar-refractivity contribution in [1.82, 2.24) is 15.0 Å². The van der Waals surface area contributed by atoms with Gasteiger partial charge in [0.15, 0.2) is 11.8 Å². The van der Waals surface area contributed by atoms with Gasteiger partial charge >= 0.3 is 5.92 Å². The highest BCUT2D eigenvalue weighted by Gasteiger charge is 2.55. The molecule has 3 heterocycles. The van der Waals surface area contributed by atoms with Crippen molar-refractivity contribution in [1.29, 1.82) is 0 Å². The third-order valence-electron chi connectivity index (χ3n) is 6.98. The van der Waals surface area contributed by atoms with Gasteiger partial charge in [0.1, 0.15) is 11.9 Å². The summed E-state index contributed by atoms with van der Waals surface area (Å²) < 4.78 is 70.8. The van der Waals surface area contributed by atoms with Crippen LogP contribution in [0.1, 0.15) is 37.4 Å². The van der Waals surface area contributed by atoms with Gasteiger partial charge in [-0.2, -0.15) is 18.1 Å². The van der Waals surface area contributed by atoms with Crippen molar-refractivity contribution in [3.05, 3.63) is 65.6 Å². The molecule has 0 saturated carbocycles. The fourth-order valence-corrected chi connectivity index (χ4v) is 5.73. The Balaban J connectivity index is 1.30. The fraction of sp³-hybridized carbons (Fsp3) is 0.407. The van der Waals surface area contributed by atoms with E-state index in [4.69, 9.17) is 14.6 Å². The number of alkyl halides is 2. The Hall–Kier alpha value is -3.22. The number of imidazole rings is 1. The summed E-state index contributed by atoms with van der Waals surface area (Å²) in [4.78, 5) is 11.1. The first kappa shape index (κ1) is 27.4. The molecule has 1 aliphatic carbocycles. The van der Waals surface area contributed by atoms with E-state index in [1.54, 1.807) is 0 Å². The molecular weight excluding hydrogens is 533 g/mol. The lowest BCUT2D eigenvalue weighted by Crippen LogP contribution is -2.43. The second-order valence-corrected chi connectivity index (χ2v) is 12.3. The first-order valence-electron chi connectivity index (χ1n) is 12.7. The average Bonchev–Trinajstić information content (AvgIpc) is 3.46. The number of H-pyrrole nitrogens is 1. The van der Waals surface area contributed by atoms with Crippen LogP contribution in [-0.2, 0) is 14.5 Å². The summed E-state index contributed by atoms with van der Waals surface area (Å²) in [7, 11) is -2.24. The van der Waals surface area contributed by atoms with Gasteiger partial charge < -0.3 is 19.6 Å². The van der Waals surface area contributed by atoms with E-state index < -0.39 is 46.9 Å². The Labute approximate surface area is 224 Å². The fourth-order valence-electron chi connectivity index (χ4n) is 4.56. The monoisotopic (exact) mass is 562 g/mol. The van der Waals surface area contributed by atoms with Gasteiger partial charge in [-0.25, -0.2) is 13.6 Å². The number of fused-ring (bicyclic) bond motifs is 1. The van der Waals surface area contributed by atoms with Gasteiger partial charge in [-0.1, -0.05) is 44.2 Å². The number of ether oxygens (including phenoxy) is 2. The van der Waals surface area contributed by atoms with Crippen LogP contribution in [-0.4, -0.2) is 67.1 Å². The van der Waals surface area contributed by atoms with E-state index in [1.807, 2.05) is 56.3 Å². The van der Waals surface area contributed by atoms with E-state index in [0.29, 0.717) is 23.6 Å². The summed E-state index contributed by atoms with van der Waals surface area (Å²) in [6, 6.07) is 8.50. The van der Waals surface area contributed by atoms with Gasteiger partial charge in [-0.15, -0.1) is 0 Å². The van der Waals surface area contributed by atoms with Gasteiger partial charge in [0.2, 0.25) is 0 Å². The third kappa shape index (κ3) is 5.45. The predicted octanol–water partition coefficient (Wildman–Crippen LogP) is 5.14. The normalized spacial score (nSPS) is 22.7. The summed E-state index contributed by atoms with van der Waals surface area (Å²) >= 11 is 0. The minimum absolute atomic E-state index is 0.139. The molecule has 1 fully saturated rings. The highest BCUT2D eigenvalue weighted by molar-refractivity contribution is 7.93. The minimum Gasteiger partial charge on any atom is -0.452 e. The lowest BCUT2D eigenvalue weighted by atomic mass is 9.90. The smallest absolute Gasteiger partial charge is 0.314 e. The standard InChI is InChI=1S/C27H29F3N4O4S/c1-3-39(36,4-2)34-19-11-9-17(10-12-19)16-5-7-18(8-6-16)24-20(28)13-21-25(32-24)33-26(31-21)38-23-15-37-22(14-35)27(23,29)30/h5-7,9-13,18,22-23,35H,3-4,8,14-15H2,1-2H3,(H,31,32,33)/t18?,22-,23-/m1/s1. The molecule has 2 aromatic heterocycles. The topological polar surface area (TPSA) is 110 Å². The maximum Gasteiger partial charge on any atom is 0.314 e. The van der Waals surface area contributed by atoms with E-state index in [-0.39, 0.29) is 28.8 Å². The first-order chi connectivity index (χ1) is 18.7. The zero-order chi connectivity index (χ0) is 27.8. The van der Waals surface area contributed by atoms with Crippen LogP contribution in [0.3, 0.4) is 0 Å². The largest absolute Gasteiger partial charge is 0.452 e. The number of rotatable bonds is 8. The Bertz CT molecular complexity index is 1530. The van der Waals surface area contributed by atoms with Crippen molar-refractivity contribution in [3.8, 4) is 6.01 Å². The molecular formula is C27H29F3N4O4S. The first-order valence-corrected chi connectivity index (χ1v) is 14.6. The van der Waals surface area contributed by atoms with E-state index in [0.717, 1.165) is 11.1 Å². The van der Waals surface area contributed by atoms with Gasteiger partial charge in [0, 0.05) is 23.5 Å². The molecule has 3 aromatic rings. The molecule has 1 aromatic carbocycles.